The van der Waals surface area contributed by atoms with E-state index in [1.807, 2.05) is 6.07 Å². The molecule has 0 saturated carbocycles. The number of benzene rings is 1. The van der Waals surface area contributed by atoms with Crippen molar-refractivity contribution in [2.75, 3.05) is 18.1 Å². The Kier molecular flexibility index (Phi) is 5.08. The molecule has 1 amide bonds. The minimum Gasteiger partial charge on any atom is -0.396 e. The molecule has 4 heteroatoms. The monoisotopic (exact) mass is 265 g/mol. The van der Waals surface area contributed by atoms with Gasteiger partial charge in [0.1, 0.15) is 0 Å². The molecular weight excluding hydrogens is 246 g/mol. The predicted molar refractivity (Wildman–Crippen MR) is 74.7 cm³/mol. The predicted octanol–water partition coefficient (Wildman–Crippen LogP) is 1.91. The van der Waals surface area contributed by atoms with Crippen LogP contribution < -0.4 is 5.32 Å². The number of hydrogen-bond acceptors (Lipinski definition) is 3. The van der Waals surface area contributed by atoms with Gasteiger partial charge in [-0.3, -0.25) is 4.79 Å². The van der Waals surface area contributed by atoms with Crippen LogP contribution in [0.25, 0.3) is 0 Å². The van der Waals surface area contributed by atoms with E-state index in [1.54, 1.807) is 0 Å². The smallest absolute Gasteiger partial charge is 0.230 e. The fraction of sp³-hybridized carbons (Fsp3) is 0.500. The van der Waals surface area contributed by atoms with Gasteiger partial charge in [0.05, 0.1) is 18.4 Å². The minimum absolute atomic E-state index is 0.0650. The van der Waals surface area contributed by atoms with Gasteiger partial charge in [0.2, 0.25) is 5.91 Å². The van der Waals surface area contributed by atoms with E-state index in [0.717, 1.165) is 19.3 Å². The van der Waals surface area contributed by atoms with Crippen LogP contribution in [0.4, 0.5) is 0 Å². The summed E-state index contributed by atoms with van der Waals surface area (Å²) >= 11 is 1.47. The summed E-state index contributed by atoms with van der Waals surface area (Å²) in [6, 6.07) is 8.51. The average Bonchev–Trinajstić information content (AvgIpc) is 2.39. The van der Waals surface area contributed by atoms with E-state index in [1.165, 1.54) is 22.9 Å². The molecule has 2 N–H and O–H groups in total. The molecule has 0 aromatic heterocycles. The van der Waals surface area contributed by atoms with Crippen LogP contribution in [0.1, 0.15) is 30.0 Å². The quantitative estimate of drug-likeness (QED) is 0.800. The number of carbonyl (C=O) groups excluding carboxylic acids is 1. The Labute approximate surface area is 112 Å². The van der Waals surface area contributed by atoms with Gasteiger partial charge in [0.25, 0.3) is 0 Å². The Morgan fingerprint density at radius 3 is 3.11 bits per heavy atom. The molecule has 1 aromatic carbocycles. The largest absolute Gasteiger partial charge is 0.396 e. The van der Waals surface area contributed by atoms with Crippen molar-refractivity contribution in [1.29, 1.82) is 0 Å². The van der Waals surface area contributed by atoms with Crippen LogP contribution in [-0.4, -0.2) is 29.1 Å². The summed E-state index contributed by atoms with van der Waals surface area (Å²) < 4.78 is 0. The summed E-state index contributed by atoms with van der Waals surface area (Å²) in [6.45, 7) is 0.129. The number of aliphatic hydroxyl groups excluding tert-OH is 1. The molecule has 0 heterocycles. The van der Waals surface area contributed by atoms with Crippen LogP contribution in [0.2, 0.25) is 0 Å². The van der Waals surface area contributed by atoms with Crippen molar-refractivity contribution in [3.05, 3.63) is 35.4 Å². The van der Waals surface area contributed by atoms with E-state index in [-0.39, 0.29) is 18.6 Å². The zero-order valence-electron chi connectivity index (χ0n) is 10.4. The second-order valence-corrected chi connectivity index (χ2v) is 5.59. The van der Waals surface area contributed by atoms with E-state index in [0.29, 0.717) is 11.5 Å². The van der Waals surface area contributed by atoms with Gasteiger partial charge >= 0.3 is 0 Å². The molecule has 0 saturated heterocycles. The molecule has 0 radical (unpaired) electrons. The number of carbonyl (C=O) groups is 1. The first-order valence-electron chi connectivity index (χ1n) is 6.37. The summed E-state index contributed by atoms with van der Waals surface area (Å²) in [5.74, 6) is 1.11. The zero-order valence-corrected chi connectivity index (χ0v) is 11.2. The molecule has 1 aliphatic rings. The maximum absolute atomic E-state index is 11.8. The Balaban J connectivity index is 1.92. The number of rotatable bonds is 5. The summed E-state index contributed by atoms with van der Waals surface area (Å²) in [6.07, 6.45) is 3.26. The molecule has 2 rings (SSSR count). The van der Waals surface area contributed by atoms with Crippen LogP contribution in [-0.2, 0) is 11.2 Å². The van der Waals surface area contributed by atoms with Crippen molar-refractivity contribution in [2.45, 2.75) is 25.3 Å². The van der Waals surface area contributed by atoms with Crippen molar-refractivity contribution in [1.82, 2.24) is 5.32 Å². The van der Waals surface area contributed by atoms with Gasteiger partial charge in [-0.05, 0) is 30.4 Å². The first-order valence-corrected chi connectivity index (χ1v) is 7.52. The molecule has 1 aliphatic carbocycles. The van der Waals surface area contributed by atoms with Gasteiger partial charge in [-0.1, -0.05) is 24.3 Å². The number of hydrogen-bond donors (Lipinski definition) is 2. The average molecular weight is 265 g/mol. The topological polar surface area (TPSA) is 49.3 Å². The van der Waals surface area contributed by atoms with Crippen LogP contribution in [0.15, 0.2) is 24.3 Å². The van der Waals surface area contributed by atoms with Crippen LogP contribution in [0, 0.1) is 0 Å². The lowest BCUT2D eigenvalue weighted by Crippen LogP contribution is -2.32. The van der Waals surface area contributed by atoms with Crippen LogP contribution in [0.5, 0.6) is 0 Å². The third kappa shape index (κ3) is 3.50. The molecule has 98 valence electrons. The van der Waals surface area contributed by atoms with E-state index in [2.05, 4.69) is 23.5 Å². The highest BCUT2D eigenvalue weighted by molar-refractivity contribution is 7.99. The van der Waals surface area contributed by atoms with Gasteiger partial charge in [0, 0.05) is 5.75 Å². The second kappa shape index (κ2) is 6.81. The Hall–Kier alpha value is -1.00. The summed E-state index contributed by atoms with van der Waals surface area (Å²) in [5, 5.41) is 11.8. The molecule has 0 aliphatic heterocycles. The van der Waals surface area contributed by atoms with Crippen molar-refractivity contribution < 1.29 is 9.90 Å². The fourth-order valence-electron chi connectivity index (χ4n) is 2.37. The van der Waals surface area contributed by atoms with Crippen LogP contribution in [0.3, 0.4) is 0 Å². The van der Waals surface area contributed by atoms with Gasteiger partial charge in [-0.25, -0.2) is 0 Å². The third-order valence-electron chi connectivity index (χ3n) is 3.17. The summed E-state index contributed by atoms with van der Waals surface area (Å²) in [7, 11) is 0. The Bertz CT molecular complexity index is 409. The molecule has 1 atom stereocenters. The van der Waals surface area contributed by atoms with E-state index >= 15 is 0 Å². The number of fused-ring (bicyclic) bond motifs is 1. The first kappa shape index (κ1) is 13.4. The SMILES string of the molecule is O=C(CSCCO)N[C@@H]1CCCc2ccccc21. The maximum atomic E-state index is 11.8. The first-order chi connectivity index (χ1) is 8.81. The van der Waals surface area contributed by atoms with Crippen LogP contribution >= 0.6 is 11.8 Å². The highest BCUT2D eigenvalue weighted by atomic mass is 32.2. The molecule has 3 nitrogen and oxygen atoms in total. The lowest BCUT2D eigenvalue weighted by Gasteiger charge is -2.26. The maximum Gasteiger partial charge on any atom is 0.230 e. The van der Waals surface area contributed by atoms with E-state index < -0.39 is 0 Å². The number of thioether (sulfide) groups is 1. The van der Waals surface area contributed by atoms with Gasteiger partial charge in [-0.15, -0.1) is 11.8 Å². The standard InChI is InChI=1S/C14H19NO2S/c16-8-9-18-10-14(17)15-13-7-3-5-11-4-1-2-6-12(11)13/h1-2,4,6,13,16H,3,5,7-10H2,(H,15,17)/t13-/m1/s1. The highest BCUT2D eigenvalue weighted by Gasteiger charge is 2.20. The van der Waals surface area contributed by atoms with Gasteiger partial charge in [0.15, 0.2) is 0 Å². The molecule has 0 spiro atoms. The lowest BCUT2D eigenvalue weighted by atomic mass is 9.88. The number of aliphatic hydroxyl groups is 1. The summed E-state index contributed by atoms with van der Waals surface area (Å²) in [4.78, 5) is 11.8. The third-order valence-corrected chi connectivity index (χ3v) is 4.11. The molecule has 0 bridgehead atoms. The number of nitrogens with one attached hydrogen (secondary N) is 1. The van der Waals surface area contributed by atoms with Crippen molar-refractivity contribution in [3.63, 3.8) is 0 Å². The zero-order chi connectivity index (χ0) is 12.8. The molecule has 0 unspecified atom stereocenters. The number of aryl methyl sites for hydroxylation is 1. The number of amides is 1. The van der Waals surface area contributed by atoms with E-state index in [9.17, 15) is 4.79 Å². The normalized spacial score (nSPS) is 18.2. The lowest BCUT2D eigenvalue weighted by molar-refractivity contribution is -0.119. The highest BCUT2D eigenvalue weighted by Crippen LogP contribution is 2.29. The molecule has 0 fully saturated rings. The Morgan fingerprint density at radius 2 is 2.28 bits per heavy atom. The Morgan fingerprint density at radius 1 is 1.44 bits per heavy atom. The molecular formula is C14H19NO2S. The van der Waals surface area contributed by atoms with Crippen molar-refractivity contribution >= 4 is 17.7 Å². The van der Waals surface area contributed by atoms with Gasteiger partial charge in [-0.2, -0.15) is 0 Å². The van der Waals surface area contributed by atoms with Crippen molar-refractivity contribution in [2.24, 2.45) is 0 Å². The van der Waals surface area contributed by atoms with Gasteiger partial charge < -0.3 is 10.4 Å². The molecule has 18 heavy (non-hydrogen) atoms. The minimum atomic E-state index is 0.0650. The molecule has 1 aromatic rings. The second-order valence-electron chi connectivity index (χ2n) is 4.49. The van der Waals surface area contributed by atoms with E-state index in [4.69, 9.17) is 5.11 Å². The summed E-state index contributed by atoms with van der Waals surface area (Å²) in [5.41, 5.74) is 2.63. The van der Waals surface area contributed by atoms with Crippen molar-refractivity contribution in [3.8, 4) is 0 Å². The fourth-order valence-corrected chi connectivity index (χ4v) is 2.91.